The molecule has 0 radical (unpaired) electrons. The van der Waals surface area contributed by atoms with E-state index in [1.54, 1.807) is 23.8 Å². The number of ether oxygens (including phenoxy) is 1. The van der Waals surface area contributed by atoms with Gasteiger partial charge in [-0.2, -0.15) is 5.10 Å². The smallest absolute Gasteiger partial charge is 0.242 e. The summed E-state index contributed by atoms with van der Waals surface area (Å²) in [6, 6.07) is 15.4. The van der Waals surface area contributed by atoms with Gasteiger partial charge in [-0.15, -0.1) is 0 Å². The summed E-state index contributed by atoms with van der Waals surface area (Å²) in [5.41, 5.74) is 1.99. The summed E-state index contributed by atoms with van der Waals surface area (Å²) >= 11 is 11.4. The van der Waals surface area contributed by atoms with Crippen molar-refractivity contribution in [3.63, 3.8) is 0 Å². The van der Waals surface area contributed by atoms with Crippen molar-refractivity contribution < 1.29 is 9.53 Å². The number of carbonyl (C=O) groups excluding carboxylic acids is 1. The zero-order chi connectivity index (χ0) is 21.8. The maximum absolute atomic E-state index is 13.1. The Bertz CT molecular complexity index is 1090. The maximum Gasteiger partial charge on any atom is 0.242 e. The quantitative estimate of drug-likeness (QED) is 0.586. The molecule has 1 saturated heterocycles. The number of rotatable bonds is 5. The van der Waals surface area contributed by atoms with Crippen LogP contribution in [0.15, 0.2) is 48.5 Å². The lowest BCUT2D eigenvalue weighted by Crippen LogP contribution is -2.37. The second kappa shape index (κ2) is 9.53. The van der Waals surface area contributed by atoms with Crippen molar-refractivity contribution in [3.8, 4) is 17.1 Å². The average molecular weight is 458 g/mol. The second-order valence-electron chi connectivity index (χ2n) is 7.36. The number of nitrogens with one attached hydrogen (secondary N) is 1. The Labute approximate surface area is 191 Å². The molecule has 31 heavy (non-hydrogen) atoms. The van der Waals surface area contributed by atoms with Gasteiger partial charge < -0.3 is 14.5 Å². The van der Waals surface area contributed by atoms with Gasteiger partial charge in [0.05, 0.1) is 7.11 Å². The predicted molar refractivity (Wildman–Crippen MR) is 124 cm³/mol. The number of H-pyrrole nitrogens is 1. The van der Waals surface area contributed by atoms with E-state index in [1.165, 1.54) is 0 Å². The summed E-state index contributed by atoms with van der Waals surface area (Å²) < 4.78 is 7.41. The molecular formula is C22H24ClN5O2S. The molecule has 1 fully saturated rings. The Morgan fingerprint density at radius 2 is 1.84 bits per heavy atom. The predicted octanol–water partition coefficient (Wildman–Crippen LogP) is 4.01. The molecule has 2 aromatic carbocycles. The van der Waals surface area contributed by atoms with E-state index < -0.39 is 0 Å². The third kappa shape index (κ3) is 4.91. The van der Waals surface area contributed by atoms with Crippen molar-refractivity contribution in [1.29, 1.82) is 0 Å². The average Bonchev–Trinajstić information content (AvgIpc) is 3.00. The molecule has 162 valence electrons. The van der Waals surface area contributed by atoms with Crippen LogP contribution >= 0.6 is 23.8 Å². The summed E-state index contributed by atoms with van der Waals surface area (Å²) in [5, 5.41) is 7.76. The molecule has 0 bridgehead atoms. The Hall–Kier alpha value is -2.84. The Balaban J connectivity index is 1.44. The van der Waals surface area contributed by atoms with Gasteiger partial charge in [-0.25, -0.2) is 0 Å². The number of hydrogen-bond donors (Lipinski definition) is 1. The van der Waals surface area contributed by atoms with Crippen LogP contribution in [0.25, 0.3) is 11.4 Å². The van der Waals surface area contributed by atoms with Gasteiger partial charge in [0.15, 0.2) is 10.6 Å². The highest BCUT2D eigenvalue weighted by atomic mass is 35.5. The number of methoxy groups -OCH3 is 1. The van der Waals surface area contributed by atoms with Gasteiger partial charge in [0.2, 0.25) is 5.91 Å². The molecule has 1 aromatic heterocycles. The number of carbonyl (C=O) groups is 1. The van der Waals surface area contributed by atoms with Crippen LogP contribution in [0.2, 0.25) is 5.02 Å². The fraction of sp³-hybridized carbons (Fsp3) is 0.318. The fourth-order valence-electron chi connectivity index (χ4n) is 3.74. The van der Waals surface area contributed by atoms with Crippen LogP contribution in [-0.4, -0.2) is 58.9 Å². The van der Waals surface area contributed by atoms with Gasteiger partial charge in [0, 0.05) is 42.5 Å². The molecular weight excluding hydrogens is 434 g/mol. The van der Waals surface area contributed by atoms with Crippen LogP contribution in [0.1, 0.15) is 6.42 Å². The van der Waals surface area contributed by atoms with E-state index in [0.717, 1.165) is 36.5 Å². The monoisotopic (exact) mass is 457 g/mol. The van der Waals surface area contributed by atoms with Crippen molar-refractivity contribution in [3.05, 3.63) is 58.3 Å². The third-order valence-electron chi connectivity index (χ3n) is 5.44. The summed E-state index contributed by atoms with van der Waals surface area (Å²) in [6.07, 6.45) is 0.901. The standard InChI is InChI=1S/C22H24ClN5O2S/c1-30-19-9-7-18(8-10-19)26-11-2-12-27(14-13-26)20(29)15-28-21(24-25-22(28)31)16-3-5-17(23)6-4-16/h3-10H,2,11-15H2,1H3,(H,25,31). The van der Waals surface area contributed by atoms with Gasteiger partial charge in [-0.3, -0.25) is 14.5 Å². The molecule has 0 unspecified atom stereocenters. The van der Waals surface area contributed by atoms with Gasteiger partial charge >= 0.3 is 0 Å². The Kier molecular flexibility index (Phi) is 6.58. The SMILES string of the molecule is COc1ccc(N2CCCN(C(=O)Cn3c(-c4ccc(Cl)cc4)n[nH]c3=S)CC2)cc1. The highest BCUT2D eigenvalue weighted by Crippen LogP contribution is 2.22. The molecule has 2 heterocycles. The second-order valence-corrected chi connectivity index (χ2v) is 8.19. The molecule has 4 rings (SSSR count). The van der Waals surface area contributed by atoms with E-state index >= 15 is 0 Å². The summed E-state index contributed by atoms with van der Waals surface area (Å²) in [5.74, 6) is 1.50. The minimum absolute atomic E-state index is 0.0318. The lowest BCUT2D eigenvalue weighted by Gasteiger charge is -2.24. The first kappa shape index (κ1) is 21.4. The molecule has 0 saturated carbocycles. The Morgan fingerprint density at radius 1 is 1.10 bits per heavy atom. The van der Waals surface area contributed by atoms with Gasteiger partial charge in [0.25, 0.3) is 0 Å². The minimum atomic E-state index is 0.0318. The molecule has 0 aliphatic carbocycles. The van der Waals surface area contributed by atoms with Crippen molar-refractivity contribution in [1.82, 2.24) is 19.7 Å². The highest BCUT2D eigenvalue weighted by molar-refractivity contribution is 7.71. The van der Waals surface area contributed by atoms with Crippen molar-refractivity contribution in [2.24, 2.45) is 0 Å². The summed E-state index contributed by atoms with van der Waals surface area (Å²) in [4.78, 5) is 17.3. The fourth-order valence-corrected chi connectivity index (χ4v) is 4.06. The van der Waals surface area contributed by atoms with Gasteiger partial charge in [-0.05, 0) is 67.2 Å². The van der Waals surface area contributed by atoms with E-state index in [-0.39, 0.29) is 12.5 Å². The first-order valence-corrected chi connectivity index (χ1v) is 10.9. The van der Waals surface area contributed by atoms with Crippen LogP contribution < -0.4 is 9.64 Å². The van der Waals surface area contributed by atoms with E-state index in [1.807, 2.05) is 29.2 Å². The minimum Gasteiger partial charge on any atom is -0.497 e. The summed E-state index contributed by atoms with van der Waals surface area (Å²) in [6.45, 7) is 3.20. The van der Waals surface area contributed by atoms with Crippen LogP contribution in [0.3, 0.4) is 0 Å². The number of amides is 1. The topological polar surface area (TPSA) is 66.4 Å². The van der Waals surface area contributed by atoms with Gasteiger partial charge in [0.1, 0.15) is 12.3 Å². The molecule has 1 amide bonds. The van der Waals surface area contributed by atoms with Crippen molar-refractivity contribution >= 4 is 35.4 Å². The van der Waals surface area contributed by atoms with Crippen molar-refractivity contribution in [2.75, 3.05) is 38.2 Å². The number of aromatic nitrogens is 3. The number of nitrogens with zero attached hydrogens (tertiary/aromatic N) is 4. The molecule has 1 aliphatic heterocycles. The molecule has 9 heteroatoms. The zero-order valence-corrected chi connectivity index (χ0v) is 18.8. The summed E-state index contributed by atoms with van der Waals surface area (Å²) in [7, 11) is 1.66. The molecule has 0 atom stereocenters. The molecule has 1 aliphatic rings. The van der Waals surface area contributed by atoms with E-state index in [2.05, 4.69) is 27.2 Å². The molecule has 7 nitrogen and oxygen atoms in total. The largest absolute Gasteiger partial charge is 0.497 e. The van der Waals surface area contributed by atoms with Crippen LogP contribution in [0.5, 0.6) is 5.75 Å². The van der Waals surface area contributed by atoms with Crippen LogP contribution in [-0.2, 0) is 11.3 Å². The number of halogens is 1. The number of anilines is 1. The highest BCUT2D eigenvalue weighted by Gasteiger charge is 2.21. The van der Waals surface area contributed by atoms with Crippen LogP contribution in [0.4, 0.5) is 5.69 Å². The first-order valence-electron chi connectivity index (χ1n) is 10.1. The molecule has 0 spiro atoms. The maximum atomic E-state index is 13.1. The first-order chi connectivity index (χ1) is 15.0. The zero-order valence-electron chi connectivity index (χ0n) is 17.3. The number of aromatic amines is 1. The van der Waals surface area contributed by atoms with Crippen molar-refractivity contribution in [2.45, 2.75) is 13.0 Å². The Morgan fingerprint density at radius 3 is 2.55 bits per heavy atom. The third-order valence-corrected chi connectivity index (χ3v) is 6.00. The van der Waals surface area contributed by atoms with Gasteiger partial charge in [-0.1, -0.05) is 11.6 Å². The number of benzene rings is 2. The van der Waals surface area contributed by atoms with E-state index in [0.29, 0.717) is 28.7 Å². The molecule has 1 N–H and O–H groups in total. The van der Waals surface area contributed by atoms with Crippen LogP contribution in [0, 0.1) is 4.77 Å². The normalized spacial score (nSPS) is 14.4. The van der Waals surface area contributed by atoms with E-state index in [4.69, 9.17) is 28.6 Å². The lowest BCUT2D eigenvalue weighted by atomic mass is 10.2. The lowest BCUT2D eigenvalue weighted by molar-refractivity contribution is -0.131. The van der Waals surface area contributed by atoms with E-state index in [9.17, 15) is 4.79 Å². The number of hydrogen-bond acceptors (Lipinski definition) is 5. The molecule has 3 aromatic rings.